The van der Waals surface area contributed by atoms with Crippen molar-refractivity contribution < 1.29 is 9.53 Å². The van der Waals surface area contributed by atoms with Crippen LogP contribution in [-0.2, 0) is 4.79 Å². The van der Waals surface area contributed by atoms with Gasteiger partial charge in [-0.05, 0) is 58.0 Å². The van der Waals surface area contributed by atoms with Gasteiger partial charge < -0.3 is 15.4 Å². The molecule has 0 bridgehead atoms. The van der Waals surface area contributed by atoms with Gasteiger partial charge in [-0.25, -0.2) is 0 Å². The van der Waals surface area contributed by atoms with E-state index >= 15 is 0 Å². The predicted octanol–water partition coefficient (Wildman–Crippen LogP) is 1.98. The number of nitrogens with one attached hydrogen (secondary N) is 2. The van der Waals surface area contributed by atoms with Gasteiger partial charge in [-0.3, -0.25) is 9.69 Å². The lowest BCUT2D eigenvalue weighted by Crippen LogP contribution is -2.53. The molecule has 2 unspecified atom stereocenters. The number of amides is 1. The van der Waals surface area contributed by atoms with Crippen LogP contribution in [0.3, 0.4) is 0 Å². The molecule has 1 saturated heterocycles. The maximum Gasteiger partial charge on any atom is 0.237 e. The van der Waals surface area contributed by atoms with Gasteiger partial charge in [0.2, 0.25) is 5.91 Å². The van der Waals surface area contributed by atoms with Crippen molar-refractivity contribution >= 4 is 18.3 Å². The SMILES string of the molecule is CNC1CCCN(C(C)C(=O)NCCOc2cccc(C)c2)C1.Cl. The number of halogens is 1. The van der Waals surface area contributed by atoms with Crippen LogP contribution in [0.1, 0.15) is 25.3 Å². The first-order valence-electron chi connectivity index (χ1n) is 8.48. The first-order chi connectivity index (χ1) is 11.1. The molecule has 1 aromatic carbocycles. The molecule has 1 aliphatic rings. The quantitative estimate of drug-likeness (QED) is 0.734. The van der Waals surface area contributed by atoms with Gasteiger partial charge in [0, 0.05) is 12.6 Å². The van der Waals surface area contributed by atoms with Crippen LogP contribution in [0, 0.1) is 6.92 Å². The van der Waals surface area contributed by atoms with Gasteiger partial charge in [-0.15, -0.1) is 12.4 Å². The normalized spacial score (nSPS) is 19.2. The standard InChI is InChI=1S/C18H29N3O2.ClH/c1-14-6-4-8-17(12-14)23-11-9-20-18(22)15(2)21-10-5-7-16(13-21)19-3;/h4,6,8,12,15-16,19H,5,7,9-11,13H2,1-3H3,(H,20,22);1H. The summed E-state index contributed by atoms with van der Waals surface area (Å²) in [6.07, 6.45) is 2.32. The number of ether oxygens (including phenoxy) is 1. The smallest absolute Gasteiger partial charge is 0.237 e. The zero-order valence-electron chi connectivity index (χ0n) is 14.9. The molecule has 24 heavy (non-hydrogen) atoms. The molecule has 0 saturated carbocycles. The number of nitrogens with zero attached hydrogens (tertiary/aromatic N) is 1. The van der Waals surface area contributed by atoms with Crippen molar-refractivity contribution in [3.05, 3.63) is 29.8 Å². The molecule has 0 aromatic heterocycles. The van der Waals surface area contributed by atoms with Crippen LogP contribution in [0.15, 0.2) is 24.3 Å². The average molecular weight is 356 g/mol. The molecule has 1 fully saturated rings. The summed E-state index contributed by atoms with van der Waals surface area (Å²) in [5.74, 6) is 0.926. The fourth-order valence-corrected chi connectivity index (χ4v) is 2.96. The van der Waals surface area contributed by atoms with E-state index in [9.17, 15) is 4.79 Å². The number of aryl methyl sites for hydroxylation is 1. The Morgan fingerprint density at radius 2 is 2.25 bits per heavy atom. The van der Waals surface area contributed by atoms with Gasteiger partial charge in [-0.2, -0.15) is 0 Å². The number of rotatable bonds is 7. The minimum absolute atomic E-state index is 0. The summed E-state index contributed by atoms with van der Waals surface area (Å²) in [6, 6.07) is 8.33. The van der Waals surface area contributed by atoms with Crippen LogP contribution < -0.4 is 15.4 Å². The van der Waals surface area contributed by atoms with Crippen molar-refractivity contribution in [2.45, 2.75) is 38.8 Å². The summed E-state index contributed by atoms with van der Waals surface area (Å²) >= 11 is 0. The molecule has 1 heterocycles. The number of hydrogen-bond acceptors (Lipinski definition) is 4. The van der Waals surface area contributed by atoms with Crippen LogP contribution >= 0.6 is 12.4 Å². The Morgan fingerprint density at radius 1 is 1.46 bits per heavy atom. The van der Waals surface area contributed by atoms with E-state index in [2.05, 4.69) is 15.5 Å². The van der Waals surface area contributed by atoms with E-state index < -0.39 is 0 Å². The number of benzene rings is 1. The van der Waals surface area contributed by atoms with Crippen molar-refractivity contribution in [1.82, 2.24) is 15.5 Å². The number of carbonyl (C=O) groups excluding carboxylic acids is 1. The minimum Gasteiger partial charge on any atom is -0.492 e. The highest BCUT2D eigenvalue weighted by Crippen LogP contribution is 2.13. The van der Waals surface area contributed by atoms with E-state index in [0.29, 0.717) is 19.2 Å². The first kappa shape index (κ1) is 20.7. The zero-order chi connectivity index (χ0) is 16.7. The van der Waals surface area contributed by atoms with Crippen molar-refractivity contribution in [2.24, 2.45) is 0 Å². The third-order valence-corrected chi connectivity index (χ3v) is 4.45. The molecule has 1 aromatic rings. The van der Waals surface area contributed by atoms with Crippen LogP contribution in [0.5, 0.6) is 5.75 Å². The number of likely N-dealkylation sites (tertiary alicyclic amines) is 1. The summed E-state index contributed by atoms with van der Waals surface area (Å²) in [4.78, 5) is 14.5. The van der Waals surface area contributed by atoms with E-state index in [1.54, 1.807) is 0 Å². The minimum atomic E-state index is -0.0925. The van der Waals surface area contributed by atoms with Crippen molar-refractivity contribution in [1.29, 1.82) is 0 Å². The van der Waals surface area contributed by atoms with Gasteiger partial charge in [-0.1, -0.05) is 12.1 Å². The number of likely N-dealkylation sites (N-methyl/N-ethyl adjacent to an activating group) is 1. The molecule has 5 nitrogen and oxygen atoms in total. The summed E-state index contributed by atoms with van der Waals surface area (Å²) in [7, 11) is 1.99. The van der Waals surface area contributed by atoms with Gasteiger partial charge in [0.25, 0.3) is 0 Å². The largest absolute Gasteiger partial charge is 0.492 e. The van der Waals surface area contributed by atoms with E-state index in [1.165, 1.54) is 12.0 Å². The molecule has 136 valence electrons. The van der Waals surface area contributed by atoms with E-state index in [1.807, 2.05) is 45.2 Å². The topological polar surface area (TPSA) is 53.6 Å². The Labute approximate surface area is 151 Å². The highest BCUT2D eigenvalue weighted by atomic mass is 35.5. The van der Waals surface area contributed by atoms with Crippen LogP contribution in [0.4, 0.5) is 0 Å². The highest BCUT2D eigenvalue weighted by molar-refractivity contribution is 5.85. The summed E-state index contributed by atoms with van der Waals surface area (Å²) in [5, 5.41) is 6.28. The van der Waals surface area contributed by atoms with Gasteiger partial charge in [0.15, 0.2) is 0 Å². The second-order valence-corrected chi connectivity index (χ2v) is 6.25. The van der Waals surface area contributed by atoms with Crippen LogP contribution in [0.2, 0.25) is 0 Å². The summed E-state index contributed by atoms with van der Waals surface area (Å²) < 4.78 is 5.66. The van der Waals surface area contributed by atoms with Gasteiger partial charge in [0.1, 0.15) is 12.4 Å². The molecule has 1 aliphatic heterocycles. The highest BCUT2D eigenvalue weighted by Gasteiger charge is 2.26. The molecule has 2 N–H and O–H groups in total. The van der Waals surface area contributed by atoms with Gasteiger partial charge in [0.05, 0.1) is 12.6 Å². The average Bonchev–Trinajstić information content (AvgIpc) is 2.58. The maximum absolute atomic E-state index is 12.3. The van der Waals surface area contributed by atoms with Crippen LogP contribution in [-0.4, -0.2) is 56.2 Å². The Balaban J connectivity index is 0.00000288. The lowest BCUT2D eigenvalue weighted by Gasteiger charge is -2.35. The van der Waals surface area contributed by atoms with E-state index in [-0.39, 0.29) is 24.4 Å². The fraction of sp³-hybridized carbons (Fsp3) is 0.611. The van der Waals surface area contributed by atoms with E-state index in [4.69, 9.17) is 4.74 Å². The Kier molecular flexibility index (Phi) is 9.11. The zero-order valence-corrected chi connectivity index (χ0v) is 15.7. The molecule has 1 amide bonds. The van der Waals surface area contributed by atoms with Crippen molar-refractivity contribution in [3.8, 4) is 5.75 Å². The molecule has 2 atom stereocenters. The lowest BCUT2D eigenvalue weighted by molar-refractivity contribution is -0.126. The molecule has 6 heteroatoms. The van der Waals surface area contributed by atoms with Crippen molar-refractivity contribution in [2.75, 3.05) is 33.3 Å². The fourth-order valence-electron chi connectivity index (χ4n) is 2.96. The molecule has 2 rings (SSSR count). The second kappa shape index (κ2) is 10.5. The first-order valence-corrected chi connectivity index (χ1v) is 8.48. The lowest BCUT2D eigenvalue weighted by atomic mass is 10.0. The molecule has 0 spiro atoms. The number of piperidine rings is 1. The van der Waals surface area contributed by atoms with Crippen molar-refractivity contribution in [3.63, 3.8) is 0 Å². The third-order valence-electron chi connectivity index (χ3n) is 4.45. The Morgan fingerprint density at radius 3 is 2.96 bits per heavy atom. The molecule has 0 aliphatic carbocycles. The summed E-state index contributed by atoms with van der Waals surface area (Å²) in [6.45, 7) is 6.96. The Bertz CT molecular complexity index is 513. The van der Waals surface area contributed by atoms with Crippen LogP contribution in [0.25, 0.3) is 0 Å². The maximum atomic E-state index is 12.3. The molecular formula is C18H30ClN3O2. The second-order valence-electron chi connectivity index (χ2n) is 6.25. The predicted molar refractivity (Wildman–Crippen MR) is 100 cm³/mol. The number of hydrogen-bond donors (Lipinski definition) is 2. The van der Waals surface area contributed by atoms with E-state index in [0.717, 1.165) is 25.3 Å². The summed E-state index contributed by atoms with van der Waals surface area (Å²) in [5.41, 5.74) is 1.17. The molecular weight excluding hydrogens is 326 g/mol. The third kappa shape index (κ3) is 6.30. The molecule has 0 radical (unpaired) electrons. The van der Waals surface area contributed by atoms with Gasteiger partial charge >= 0.3 is 0 Å². The number of carbonyl (C=O) groups is 1. The Hall–Kier alpha value is -1.30. The monoisotopic (exact) mass is 355 g/mol.